The predicted molar refractivity (Wildman–Crippen MR) is 53.2 cm³/mol. The van der Waals surface area contributed by atoms with Crippen LogP contribution in [-0.2, 0) is 19.1 Å². The Hall–Kier alpha value is -1.73. The summed E-state index contributed by atoms with van der Waals surface area (Å²) in [4.78, 5) is 21.7. The van der Waals surface area contributed by atoms with E-state index in [0.29, 0.717) is 0 Å². The molecule has 1 heterocycles. The molecule has 0 saturated carbocycles. The molecule has 1 aliphatic rings. The van der Waals surface area contributed by atoms with Crippen molar-refractivity contribution in [1.29, 1.82) is 0 Å². The van der Waals surface area contributed by atoms with Gasteiger partial charge in [-0.25, -0.2) is 0 Å². The van der Waals surface area contributed by atoms with Crippen molar-refractivity contribution in [1.82, 2.24) is 5.32 Å². The van der Waals surface area contributed by atoms with Gasteiger partial charge in [-0.15, -0.1) is 0 Å². The third kappa shape index (κ3) is 3.64. The van der Waals surface area contributed by atoms with Crippen molar-refractivity contribution >= 4 is 11.9 Å². The van der Waals surface area contributed by atoms with Gasteiger partial charge in [0.25, 0.3) is 0 Å². The minimum absolute atomic E-state index is 0.655. The van der Waals surface area contributed by atoms with Gasteiger partial charge in [0.05, 0.1) is 12.3 Å². The number of alkyl halides is 3. The van der Waals surface area contributed by atoms with E-state index in [2.05, 4.69) is 0 Å². The van der Waals surface area contributed by atoms with Crippen LogP contribution < -0.4 is 5.32 Å². The molecule has 0 aromatic rings. The summed E-state index contributed by atoms with van der Waals surface area (Å²) >= 11 is 0. The number of amides is 1. The molecule has 1 aliphatic heterocycles. The quantitative estimate of drug-likeness (QED) is 0.755. The van der Waals surface area contributed by atoms with Crippen LogP contribution in [0.2, 0.25) is 0 Å². The second kappa shape index (κ2) is 5.28. The molecule has 0 saturated heterocycles. The molecule has 1 rings (SSSR count). The topological polar surface area (TPSA) is 64.6 Å². The zero-order valence-corrected chi connectivity index (χ0v) is 9.65. The third-order valence-electron chi connectivity index (χ3n) is 2.25. The molecule has 5 nitrogen and oxygen atoms in total. The van der Waals surface area contributed by atoms with Crippen LogP contribution in [0.5, 0.6) is 0 Å². The highest BCUT2D eigenvalue weighted by molar-refractivity contribution is 5.82. The van der Waals surface area contributed by atoms with E-state index in [1.165, 1.54) is 13.0 Å². The Morgan fingerprint density at radius 2 is 2.00 bits per heavy atom. The van der Waals surface area contributed by atoms with Crippen molar-refractivity contribution in [3.8, 4) is 0 Å². The van der Waals surface area contributed by atoms with Crippen LogP contribution in [-0.4, -0.2) is 36.3 Å². The van der Waals surface area contributed by atoms with Crippen LogP contribution in [0, 0.1) is 0 Å². The Morgan fingerprint density at radius 3 is 2.50 bits per heavy atom. The molecule has 0 aromatic heterocycles. The van der Waals surface area contributed by atoms with Crippen molar-refractivity contribution < 1.29 is 32.2 Å². The van der Waals surface area contributed by atoms with E-state index in [0.717, 1.165) is 13.2 Å². The molecular formula is C10H12F3NO4. The van der Waals surface area contributed by atoms with E-state index in [4.69, 9.17) is 9.47 Å². The van der Waals surface area contributed by atoms with Gasteiger partial charge in [0.2, 0.25) is 0 Å². The smallest absolute Gasteiger partial charge is 0.471 e. The van der Waals surface area contributed by atoms with Gasteiger partial charge in [0.15, 0.2) is 6.10 Å². The minimum Gasteiger partial charge on any atom is -0.495 e. The lowest BCUT2D eigenvalue weighted by atomic mass is 10.0. The predicted octanol–water partition coefficient (Wildman–Crippen LogP) is 0.898. The zero-order chi connectivity index (χ0) is 13.9. The molecule has 0 bridgehead atoms. The molecule has 0 aliphatic carbocycles. The van der Waals surface area contributed by atoms with Crippen molar-refractivity contribution in [2.24, 2.45) is 0 Å². The van der Waals surface area contributed by atoms with Gasteiger partial charge in [0.1, 0.15) is 6.10 Å². The lowest BCUT2D eigenvalue weighted by Crippen LogP contribution is -2.53. The Bertz CT molecular complexity index is 367. The first-order valence-electron chi connectivity index (χ1n) is 5.09. The number of rotatable bonds is 2. The number of hydrogen-bond acceptors (Lipinski definition) is 4. The van der Waals surface area contributed by atoms with Crippen LogP contribution in [0.1, 0.15) is 13.8 Å². The molecule has 18 heavy (non-hydrogen) atoms. The molecule has 0 unspecified atom stereocenters. The lowest BCUT2D eigenvalue weighted by Gasteiger charge is -2.32. The standard InChI is InChI=1S/C10H12F3NO4/c1-5-8(18-6(2)15)7(3-4-17-5)14-9(16)10(11,12)13/h3-5,7-8H,1-2H3,(H,14,16)/t5-,7-,8-/m0/s1. The second-order valence-corrected chi connectivity index (χ2v) is 3.74. The molecule has 1 amide bonds. The van der Waals surface area contributed by atoms with Crippen LogP contribution in [0.4, 0.5) is 13.2 Å². The number of halogens is 3. The summed E-state index contributed by atoms with van der Waals surface area (Å²) < 4.78 is 46.2. The summed E-state index contributed by atoms with van der Waals surface area (Å²) in [5.41, 5.74) is 0. The van der Waals surface area contributed by atoms with Crippen molar-refractivity contribution in [3.05, 3.63) is 12.3 Å². The van der Waals surface area contributed by atoms with E-state index in [1.807, 2.05) is 0 Å². The van der Waals surface area contributed by atoms with Gasteiger partial charge in [-0.1, -0.05) is 0 Å². The fraction of sp³-hybridized carbons (Fsp3) is 0.600. The molecule has 3 atom stereocenters. The largest absolute Gasteiger partial charge is 0.495 e. The molecule has 102 valence electrons. The molecule has 1 N–H and O–H groups in total. The van der Waals surface area contributed by atoms with Crippen LogP contribution in [0.15, 0.2) is 12.3 Å². The van der Waals surface area contributed by atoms with E-state index in [9.17, 15) is 22.8 Å². The number of hydrogen-bond donors (Lipinski definition) is 1. The lowest BCUT2D eigenvalue weighted by molar-refractivity contribution is -0.176. The summed E-state index contributed by atoms with van der Waals surface area (Å²) in [5, 5.41) is 1.74. The molecule has 0 radical (unpaired) electrons. The normalized spacial score (nSPS) is 27.3. The number of carbonyl (C=O) groups is 2. The summed E-state index contributed by atoms with van der Waals surface area (Å²) in [7, 11) is 0. The number of carbonyl (C=O) groups excluding carboxylic acids is 2. The number of esters is 1. The summed E-state index contributed by atoms with van der Waals surface area (Å²) in [5.74, 6) is -2.76. The first kappa shape index (κ1) is 14.3. The highest BCUT2D eigenvalue weighted by Crippen LogP contribution is 2.19. The Kier molecular flexibility index (Phi) is 4.20. The second-order valence-electron chi connectivity index (χ2n) is 3.74. The van der Waals surface area contributed by atoms with E-state index in [-0.39, 0.29) is 0 Å². The minimum atomic E-state index is -4.99. The van der Waals surface area contributed by atoms with Crippen LogP contribution >= 0.6 is 0 Å². The maximum Gasteiger partial charge on any atom is 0.471 e. The van der Waals surface area contributed by atoms with E-state index >= 15 is 0 Å². The van der Waals surface area contributed by atoms with Gasteiger partial charge < -0.3 is 14.8 Å². The average molecular weight is 267 g/mol. The van der Waals surface area contributed by atoms with Crippen molar-refractivity contribution in [3.63, 3.8) is 0 Å². The highest BCUT2D eigenvalue weighted by atomic mass is 19.4. The van der Waals surface area contributed by atoms with Gasteiger partial charge >= 0.3 is 18.1 Å². The number of ether oxygens (including phenoxy) is 2. The fourth-order valence-electron chi connectivity index (χ4n) is 1.46. The Labute approximate surface area is 101 Å². The van der Waals surface area contributed by atoms with Gasteiger partial charge in [-0.05, 0) is 13.0 Å². The summed E-state index contributed by atoms with van der Waals surface area (Å²) in [6, 6.07) is -1.08. The molecule has 0 spiro atoms. The first-order chi connectivity index (χ1) is 8.21. The van der Waals surface area contributed by atoms with Gasteiger partial charge in [-0.3, -0.25) is 9.59 Å². The average Bonchev–Trinajstić information content (AvgIpc) is 2.21. The summed E-state index contributed by atoms with van der Waals surface area (Å²) in [6.45, 7) is 2.64. The number of nitrogens with one attached hydrogen (secondary N) is 1. The van der Waals surface area contributed by atoms with Gasteiger partial charge in [-0.2, -0.15) is 13.2 Å². The maximum atomic E-state index is 12.1. The fourth-order valence-corrected chi connectivity index (χ4v) is 1.46. The van der Waals surface area contributed by atoms with Gasteiger partial charge in [0, 0.05) is 6.92 Å². The Morgan fingerprint density at radius 1 is 1.39 bits per heavy atom. The SMILES string of the molecule is CC(=O)O[C@@H]1[C@@H](NC(=O)C(F)(F)F)C=CO[C@H]1C. The molecule has 0 fully saturated rings. The monoisotopic (exact) mass is 267 g/mol. The van der Waals surface area contributed by atoms with Crippen LogP contribution in [0.25, 0.3) is 0 Å². The summed E-state index contributed by atoms with van der Waals surface area (Å²) in [6.07, 6.45) is -4.30. The Balaban J connectivity index is 2.77. The maximum absolute atomic E-state index is 12.1. The van der Waals surface area contributed by atoms with E-state index < -0.39 is 36.3 Å². The van der Waals surface area contributed by atoms with Crippen LogP contribution in [0.3, 0.4) is 0 Å². The van der Waals surface area contributed by atoms with Crippen molar-refractivity contribution in [2.45, 2.75) is 38.3 Å². The van der Waals surface area contributed by atoms with Crippen molar-refractivity contribution in [2.75, 3.05) is 0 Å². The van der Waals surface area contributed by atoms with E-state index in [1.54, 1.807) is 5.32 Å². The highest BCUT2D eigenvalue weighted by Gasteiger charge is 2.42. The molecular weight excluding hydrogens is 255 g/mol. The molecule has 8 heteroatoms. The molecule has 0 aromatic carbocycles. The third-order valence-corrected chi connectivity index (χ3v) is 2.25. The zero-order valence-electron chi connectivity index (χ0n) is 9.65. The first-order valence-corrected chi connectivity index (χ1v) is 5.09.